The Balaban J connectivity index is 2.61. The maximum Gasteiger partial charge on any atom is 0.166 e. The van der Waals surface area contributed by atoms with Crippen LogP contribution >= 0.6 is 0 Å². The van der Waals surface area contributed by atoms with Gasteiger partial charge in [-0.2, -0.15) is 0 Å². The fourth-order valence-electron chi connectivity index (χ4n) is 1.75. The number of nitrogens with zero attached hydrogens (tertiary/aromatic N) is 2. The monoisotopic (exact) mass is 232 g/mol. The van der Waals surface area contributed by atoms with Gasteiger partial charge in [0.2, 0.25) is 0 Å². The predicted octanol–water partition coefficient (Wildman–Crippen LogP) is 2.56. The van der Waals surface area contributed by atoms with Gasteiger partial charge in [-0.15, -0.1) is 0 Å². The summed E-state index contributed by atoms with van der Waals surface area (Å²) in [6, 6.07) is 3.62. The summed E-state index contributed by atoms with van der Waals surface area (Å²) in [4.78, 5) is 15.2. The van der Waals surface area contributed by atoms with E-state index >= 15 is 0 Å². The molecule has 0 unspecified atom stereocenters. The van der Waals surface area contributed by atoms with Crippen molar-refractivity contribution in [3.05, 3.63) is 24.0 Å². The minimum absolute atomic E-state index is 0.272. The lowest BCUT2D eigenvalue weighted by Gasteiger charge is -2.21. The number of aromatic nitrogens is 2. The molecule has 0 spiro atoms. The highest BCUT2D eigenvalue weighted by molar-refractivity contribution is 5.90. The fourth-order valence-corrected chi connectivity index (χ4v) is 1.75. The molecule has 0 saturated carbocycles. The second-order valence-electron chi connectivity index (χ2n) is 5.01. The Kier molecular flexibility index (Phi) is 2.65. The van der Waals surface area contributed by atoms with Crippen molar-refractivity contribution in [2.75, 3.05) is 0 Å². The Hall–Kier alpha value is -1.84. The van der Waals surface area contributed by atoms with Gasteiger partial charge in [-0.05, 0) is 32.9 Å². The van der Waals surface area contributed by atoms with E-state index in [-0.39, 0.29) is 5.60 Å². The second-order valence-corrected chi connectivity index (χ2v) is 5.01. The van der Waals surface area contributed by atoms with E-state index in [1.54, 1.807) is 16.8 Å². The smallest absolute Gasteiger partial charge is 0.166 e. The van der Waals surface area contributed by atoms with E-state index in [0.29, 0.717) is 5.69 Å². The number of carbonyl (C=O) groups is 1. The van der Waals surface area contributed by atoms with Crippen LogP contribution in [0, 0.1) is 0 Å². The largest absolute Gasteiger partial charge is 0.487 e. The first-order valence-electron chi connectivity index (χ1n) is 5.51. The number of aldehydes is 1. The van der Waals surface area contributed by atoms with Gasteiger partial charge in [0, 0.05) is 13.2 Å². The van der Waals surface area contributed by atoms with E-state index in [9.17, 15) is 4.79 Å². The molecule has 0 aliphatic carbocycles. The highest BCUT2D eigenvalue weighted by Crippen LogP contribution is 2.28. The van der Waals surface area contributed by atoms with Gasteiger partial charge < -0.3 is 9.30 Å². The lowest BCUT2D eigenvalue weighted by atomic mass is 10.2. The van der Waals surface area contributed by atoms with Gasteiger partial charge in [0.1, 0.15) is 17.0 Å². The Labute approximate surface area is 100 Å². The summed E-state index contributed by atoms with van der Waals surface area (Å²) in [5.74, 6) is 0.756. The molecule has 0 saturated heterocycles. The van der Waals surface area contributed by atoms with Crippen LogP contribution in [0.4, 0.5) is 0 Å². The van der Waals surface area contributed by atoms with Crippen LogP contribution in [0.2, 0.25) is 0 Å². The van der Waals surface area contributed by atoms with Crippen LogP contribution in [-0.2, 0) is 7.05 Å². The number of rotatable bonds is 2. The molecule has 2 rings (SSSR count). The van der Waals surface area contributed by atoms with Crippen molar-refractivity contribution >= 4 is 17.3 Å². The molecule has 2 aromatic rings. The van der Waals surface area contributed by atoms with E-state index in [4.69, 9.17) is 4.74 Å². The maximum absolute atomic E-state index is 10.9. The lowest BCUT2D eigenvalue weighted by Crippen LogP contribution is -2.23. The molecule has 0 N–H and O–H groups in total. The zero-order valence-corrected chi connectivity index (χ0v) is 10.5. The van der Waals surface area contributed by atoms with E-state index in [1.807, 2.05) is 33.9 Å². The fraction of sp³-hybridized carbons (Fsp3) is 0.385. The van der Waals surface area contributed by atoms with Crippen LogP contribution < -0.4 is 4.74 Å². The number of carbonyl (C=O) groups excluding carboxylic acids is 1. The molecule has 4 heteroatoms. The van der Waals surface area contributed by atoms with E-state index in [1.165, 1.54) is 0 Å². The summed E-state index contributed by atoms with van der Waals surface area (Å²) in [6.07, 6.45) is 2.51. The van der Waals surface area contributed by atoms with Crippen molar-refractivity contribution in [3.63, 3.8) is 0 Å². The van der Waals surface area contributed by atoms with Crippen molar-refractivity contribution in [1.82, 2.24) is 9.55 Å². The Morgan fingerprint density at radius 1 is 1.41 bits per heavy atom. The third kappa shape index (κ3) is 2.16. The minimum Gasteiger partial charge on any atom is -0.487 e. The summed E-state index contributed by atoms with van der Waals surface area (Å²) in [5.41, 5.74) is 1.08. The molecular weight excluding hydrogens is 216 g/mol. The van der Waals surface area contributed by atoms with Crippen molar-refractivity contribution < 1.29 is 9.53 Å². The highest BCUT2D eigenvalue weighted by Gasteiger charge is 2.16. The summed E-state index contributed by atoms with van der Waals surface area (Å²) < 4.78 is 7.62. The Morgan fingerprint density at radius 2 is 2.12 bits per heavy atom. The summed E-state index contributed by atoms with van der Waals surface area (Å²) >= 11 is 0. The molecule has 2 heterocycles. The van der Waals surface area contributed by atoms with Crippen LogP contribution in [0.25, 0.3) is 11.0 Å². The number of ether oxygens (including phenoxy) is 1. The van der Waals surface area contributed by atoms with Crippen molar-refractivity contribution in [2.45, 2.75) is 26.4 Å². The Morgan fingerprint density at radius 3 is 2.71 bits per heavy atom. The quantitative estimate of drug-likeness (QED) is 0.747. The lowest BCUT2D eigenvalue weighted by molar-refractivity contribution is 0.111. The average molecular weight is 232 g/mol. The molecule has 90 valence electrons. The first kappa shape index (κ1) is 11.6. The molecule has 0 aromatic carbocycles. The molecule has 17 heavy (non-hydrogen) atoms. The molecule has 0 aliphatic rings. The molecule has 0 bridgehead atoms. The first-order chi connectivity index (χ1) is 7.92. The van der Waals surface area contributed by atoms with Gasteiger partial charge in [0.15, 0.2) is 6.29 Å². The predicted molar refractivity (Wildman–Crippen MR) is 66.5 cm³/mol. The van der Waals surface area contributed by atoms with Gasteiger partial charge >= 0.3 is 0 Å². The standard InChI is InChI=1S/C13H16N2O2/c1-13(2,3)17-11-5-6-14-12-10(11)7-9(8-16)15(12)4/h5-8H,1-4H3. The molecule has 0 atom stereocenters. The summed E-state index contributed by atoms with van der Waals surface area (Å²) in [7, 11) is 1.82. The minimum atomic E-state index is -0.272. The molecule has 0 radical (unpaired) electrons. The molecular formula is C13H16N2O2. The SMILES string of the molecule is Cn1c(C=O)cc2c(OC(C)(C)C)ccnc21. The van der Waals surface area contributed by atoms with Gasteiger partial charge in [-0.25, -0.2) is 4.98 Å². The molecule has 4 nitrogen and oxygen atoms in total. The van der Waals surface area contributed by atoms with Crippen LogP contribution in [0.5, 0.6) is 5.75 Å². The van der Waals surface area contributed by atoms with Gasteiger partial charge in [-0.3, -0.25) is 4.79 Å². The van der Waals surface area contributed by atoms with Gasteiger partial charge in [-0.1, -0.05) is 0 Å². The molecule has 0 fully saturated rings. The molecule has 2 aromatic heterocycles. The average Bonchev–Trinajstić information content (AvgIpc) is 2.55. The number of pyridine rings is 1. The third-order valence-corrected chi connectivity index (χ3v) is 2.46. The number of hydrogen-bond acceptors (Lipinski definition) is 3. The molecule has 0 aliphatic heterocycles. The van der Waals surface area contributed by atoms with Gasteiger partial charge in [0.25, 0.3) is 0 Å². The van der Waals surface area contributed by atoms with Crippen LogP contribution in [0.1, 0.15) is 31.3 Å². The zero-order valence-electron chi connectivity index (χ0n) is 10.5. The number of fused-ring (bicyclic) bond motifs is 1. The topological polar surface area (TPSA) is 44.1 Å². The van der Waals surface area contributed by atoms with Crippen LogP contribution in [0.3, 0.4) is 0 Å². The van der Waals surface area contributed by atoms with Crippen LogP contribution in [0.15, 0.2) is 18.3 Å². The summed E-state index contributed by atoms with van der Waals surface area (Å²) in [6.45, 7) is 5.97. The second kappa shape index (κ2) is 3.87. The van der Waals surface area contributed by atoms with Gasteiger partial charge in [0.05, 0.1) is 11.1 Å². The normalized spacial score (nSPS) is 11.8. The summed E-state index contributed by atoms with van der Waals surface area (Å²) in [5, 5.41) is 0.868. The Bertz CT molecular complexity index is 565. The van der Waals surface area contributed by atoms with Crippen molar-refractivity contribution in [3.8, 4) is 5.75 Å². The maximum atomic E-state index is 10.9. The van der Waals surface area contributed by atoms with E-state index < -0.39 is 0 Å². The zero-order chi connectivity index (χ0) is 12.6. The number of hydrogen-bond donors (Lipinski definition) is 0. The van der Waals surface area contributed by atoms with E-state index in [2.05, 4.69) is 4.98 Å². The van der Waals surface area contributed by atoms with Crippen molar-refractivity contribution in [1.29, 1.82) is 0 Å². The number of aryl methyl sites for hydroxylation is 1. The van der Waals surface area contributed by atoms with E-state index in [0.717, 1.165) is 23.1 Å². The highest BCUT2D eigenvalue weighted by atomic mass is 16.5. The third-order valence-electron chi connectivity index (χ3n) is 2.46. The van der Waals surface area contributed by atoms with Crippen LogP contribution in [-0.4, -0.2) is 21.4 Å². The molecule has 0 amide bonds. The van der Waals surface area contributed by atoms with Crippen molar-refractivity contribution in [2.24, 2.45) is 7.05 Å². The first-order valence-corrected chi connectivity index (χ1v) is 5.51.